The number of pyridine rings is 1. The number of amides is 1. The third kappa shape index (κ3) is 3.96. The number of hydrogen-bond acceptors (Lipinski definition) is 4. The summed E-state index contributed by atoms with van der Waals surface area (Å²) in [6.07, 6.45) is 0.254. The van der Waals surface area contributed by atoms with Crippen molar-refractivity contribution in [2.45, 2.75) is 12.5 Å². The van der Waals surface area contributed by atoms with E-state index in [1.165, 1.54) is 0 Å². The quantitative estimate of drug-likeness (QED) is 0.793. The summed E-state index contributed by atoms with van der Waals surface area (Å²) in [5, 5.41) is 6.22. The lowest BCUT2D eigenvalue weighted by molar-refractivity contribution is -0.119. The van der Waals surface area contributed by atoms with Crippen LogP contribution in [0, 0.1) is 0 Å². The summed E-state index contributed by atoms with van der Waals surface area (Å²) in [6, 6.07) is 5.10. The monoisotopic (exact) mass is 255 g/mol. The lowest BCUT2D eigenvalue weighted by Gasteiger charge is -2.22. The minimum absolute atomic E-state index is 0.0667. The molecule has 2 heterocycles. The van der Waals surface area contributed by atoms with Gasteiger partial charge in [-0.05, 0) is 12.1 Å². The number of halogens is 1. The zero-order chi connectivity index (χ0) is 12.1. The average Bonchev–Trinajstić information content (AvgIpc) is 2.30. The third-order valence-electron chi connectivity index (χ3n) is 2.40. The molecule has 1 aliphatic heterocycles. The van der Waals surface area contributed by atoms with Crippen molar-refractivity contribution in [2.75, 3.05) is 25.0 Å². The van der Waals surface area contributed by atoms with Crippen molar-refractivity contribution in [1.82, 2.24) is 10.3 Å². The fourth-order valence-corrected chi connectivity index (χ4v) is 1.79. The normalized spacial score (nSPS) is 19.9. The molecule has 2 N–H and O–H groups in total. The molecular weight excluding hydrogens is 242 g/mol. The summed E-state index contributed by atoms with van der Waals surface area (Å²) in [5.74, 6) is 0.347. The molecule has 0 bridgehead atoms. The standard InChI is InChI=1S/C11H14ClN3O2/c12-9-2-1-3-10(14-9)15-11(16)6-8-7-13-4-5-17-8/h1-3,8,13H,4-7H2,(H,14,15,16). The van der Waals surface area contributed by atoms with E-state index in [0.717, 1.165) is 6.54 Å². The molecular formula is C11H14ClN3O2. The lowest BCUT2D eigenvalue weighted by atomic mass is 10.2. The van der Waals surface area contributed by atoms with E-state index < -0.39 is 0 Å². The van der Waals surface area contributed by atoms with E-state index in [-0.39, 0.29) is 12.0 Å². The number of ether oxygens (including phenoxy) is 1. The van der Waals surface area contributed by atoms with Gasteiger partial charge in [-0.25, -0.2) is 4.98 Å². The van der Waals surface area contributed by atoms with Crippen LogP contribution in [-0.2, 0) is 9.53 Å². The van der Waals surface area contributed by atoms with Gasteiger partial charge in [-0.2, -0.15) is 0 Å². The van der Waals surface area contributed by atoms with Gasteiger partial charge in [-0.3, -0.25) is 4.79 Å². The second-order valence-electron chi connectivity index (χ2n) is 3.79. The summed E-state index contributed by atoms with van der Waals surface area (Å²) in [4.78, 5) is 15.7. The largest absolute Gasteiger partial charge is 0.375 e. The fraction of sp³-hybridized carbons (Fsp3) is 0.455. The molecule has 6 heteroatoms. The first-order chi connectivity index (χ1) is 8.24. The second-order valence-corrected chi connectivity index (χ2v) is 4.18. The predicted octanol–water partition coefficient (Wildman–Crippen LogP) is 1.05. The van der Waals surface area contributed by atoms with Crippen LogP contribution in [0.3, 0.4) is 0 Å². The molecule has 1 aromatic rings. The van der Waals surface area contributed by atoms with Crippen LogP contribution in [0.15, 0.2) is 18.2 Å². The van der Waals surface area contributed by atoms with Gasteiger partial charge in [0.2, 0.25) is 5.91 Å². The van der Waals surface area contributed by atoms with Crippen LogP contribution in [0.1, 0.15) is 6.42 Å². The first kappa shape index (κ1) is 12.3. The van der Waals surface area contributed by atoms with Gasteiger partial charge in [0.1, 0.15) is 11.0 Å². The minimum atomic E-state index is -0.117. The van der Waals surface area contributed by atoms with E-state index in [0.29, 0.717) is 30.5 Å². The maximum atomic E-state index is 11.7. The van der Waals surface area contributed by atoms with Crippen molar-refractivity contribution < 1.29 is 9.53 Å². The highest BCUT2D eigenvalue weighted by atomic mass is 35.5. The molecule has 0 spiro atoms. The van der Waals surface area contributed by atoms with Crippen molar-refractivity contribution >= 4 is 23.3 Å². The molecule has 1 atom stereocenters. The van der Waals surface area contributed by atoms with Gasteiger partial charge in [0.15, 0.2) is 0 Å². The Hall–Kier alpha value is -1.17. The highest BCUT2D eigenvalue weighted by Gasteiger charge is 2.17. The maximum absolute atomic E-state index is 11.7. The zero-order valence-corrected chi connectivity index (χ0v) is 10.0. The Morgan fingerprint density at radius 1 is 1.65 bits per heavy atom. The van der Waals surface area contributed by atoms with Gasteiger partial charge in [-0.1, -0.05) is 17.7 Å². The van der Waals surface area contributed by atoms with Crippen LogP contribution >= 0.6 is 11.6 Å². The van der Waals surface area contributed by atoms with Crippen molar-refractivity contribution in [3.63, 3.8) is 0 Å². The number of rotatable bonds is 3. The van der Waals surface area contributed by atoms with Gasteiger partial charge in [0.05, 0.1) is 19.1 Å². The molecule has 0 radical (unpaired) electrons. The molecule has 0 aliphatic carbocycles. The van der Waals surface area contributed by atoms with Gasteiger partial charge in [-0.15, -0.1) is 0 Å². The average molecular weight is 256 g/mol. The summed E-state index contributed by atoms with van der Waals surface area (Å²) >= 11 is 5.72. The number of anilines is 1. The van der Waals surface area contributed by atoms with E-state index in [9.17, 15) is 4.79 Å². The molecule has 0 aromatic carbocycles. The van der Waals surface area contributed by atoms with E-state index in [2.05, 4.69) is 15.6 Å². The Bertz CT molecular complexity index is 394. The molecule has 5 nitrogen and oxygen atoms in total. The zero-order valence-electron chi connectivity index (χ0n) is 9.28. The van der Waals surface area contributed by atoms with Gasteiger partial charge in [0, 0.05) is 13.1 Å². The molecule has 1 amide bonds. The van der Waals surface area contributed by atoms with Crippen LogP contribution in [0.4, 0.5) is 5.82 Å². The van der Waals surface area contributed by atoms with Gasteiger partial charge >= 0.3 is 0 Å². The molecule has 1 aromatic heterocycles. The third-order valence-corrected chi connectivity index (χ3v) is 2.61. The highest BCUT2D eigenvalue weighted by Crippen LogP contribution is 2.10. The van der Waals surface area contributed by atoms with Crippen molar-refractivity contribution in [3.05, 3.63) is 23.4 Å². The Morgan fingerprint density at radius 2 is 2.53 bits per heavy atom. The highest BCUT2D eigenvalue weighted by molar-refractivity contribution is 6.29. The van der Waals surface area contributed by atoms with E-state index in [1.807, 2.05) is 0 Å². The van der Waals surface area contributed by atoms with Crippen molar-refractivity contribution in [1.29, 1.82) is 0 Å². The molecule has 17 heavy (non-hydrogen) atoms. The predicted molar refractivity (Wildman–Crippen MR) is 65.1 cm³/mol. The molecule has 92 valence electrons. The van der Waals surface area contributed by atoms with Crippen molar-refractivity contribution in [2.24, 2.45) is 0 Å². The van der Waals surface area contributed by atoms with Gasteiger partial charge < -0.3 is 15.4 Å². The molecule has 1 aliphatic rings. The molecule has 0 saturated carbocycles. The summed E-state index contributed by atoms with van der Waals surface area (Å²) in [7, 11) is 0. The van der Waals surface area contributed by atoms with Crippen LogP contribution in [0.5, 0.6) is 0 Å². The maximum Gasteiger partial charge on any atom is 0.228 e. The first-order valence-electron chi connectivity index (χ1n) is 5.49. The first-order valence-corrected chi connectivity index (χ1v) is 5.86. The molecule has 1 unspecified atom stereocenters. The molecule has 2 rings (SSSR count). The number of aromatic nitrogens is 1. The second kappa shape index (κ2) is 5.95. The van der Waals surface area contributed by atoms with Crippen LogP contribution in [-0.4, -0.2) is 36.7 Å². The van der Waals surface area contributed by atoms with E-state index in [4.69, 9.17) is 16.3 Å². The molecule has 1 fully saturated rings. The number of carbonyl (C=O) groups is 1. The number of hydrogen-bond donors (Lipinski definition) is 2. The Balaban J connectivity index is 1.84. The smallest absolute Gasteiger partial charge is 0.228 e. The summed E-state index contributed by atoms with van der Waals surface area (Å²) in [5.41, 5.74) is 0. The van der Waals surface area contributed by atoms with Crippen LogP contribution in [0.25, 0.3) is 0 Å². The van der Waals surface area contributed by atoms with E-state index >= 15 is 0 Å². The topological polar surface area (TPSA) is 63.2 Å². The minimum Gasteiger partial charge on any atom is -0.375 e. The van der Waals surface area contributed by atoms with Crippen LogP contribution < -0.4 is 10.6 Å². The molecule has 1 saturated heterocycles. The van der Waals surface area contributed by atoms with Gasteiger partial charge in [0.25, 0.3) is 0 Å². The number of nitrogens with zero attached hydrogens (tertiary/aromatic N) is 1. The SMILES string of the molecule is O=C(CC1CNCCO1)Nc1cccc(Cl)n1. The van der Waals surface area contributed by atoms with E-state index in [1.54, 1.807) is 18.2 Å². The van der Waals surface area contributed by atoms with Crippen molar-refractivity contribution in [3.8, 4) is 0 Å². The number of carbonyl (C=O) groups excluding carboxylic acids is 1. The number of nitrogens with one attached hydrogen (secondary N) is 2. The summed E-state index contributed by atoms with van der Waals surface area (Å²) in [6.45, 7) is 2.19. The summed E-state index contributed by atoms with van der Waals surface area (Å²) < 4.78 is 5.44. The lowest BCUT2D eigenvalue weighted by Crippen LogP contribution is -2.40. The Morgan fingerprint density at radius 3 is 3.24 bits per heavy atom. The Kier molecular flexibility index (Phi) is 4.30. The fourth-order valence-electron chi connectivity index (χ4n) is 1.63. The number of morpholine rings is 1. The van der Waals surface area contributed by atoms with Crippen LogP contribution in [0.2, 0.25) is 5.15 Å². The Labute approximate surface area is 105 Å².